The number of rotatable bonds is 5. The van der Waals surface area contributed by atoms with Crippen molar-refractivity contribution in [3.63, 3.8) is 0 Å². The van der Waals surface area contributed by atoms with Gasteiger partial charge in [-0.25, -0.2) is 15.0 Å². The molecule has 2 aromatic carbocycles. The number of carbonyl (C=O) groups excluding carboxylic acids is 2. The molecule has 0 fully saturated rings. The van der Waals surface area contributed by atoms with Crippen molar-refractivity contribution < 1.29 is 19.1 Å². The molecule has 11 nitrogen and oxygen atoms in total. The molecule has 42 heavy (non-hydrogen) atoms. The fraction of sp³-hybridized carbons (Fsp3) is 0.355. The number of benzene rings is 2. The van der Waals surface area contributed by atoms with Crippen LogP contribution in [0.3, 0.4) is 0 Å². The molecule has 4 rings (SSSR count). The lowest BCUT2D eigenvalue weighted by molar-refractivity contribution is 0.0523. The summed E-state index contributed by atoms with van der Waals surface area (Å²) in [6.45, 7) is 11.0. The molecule has 0 radical (unpaired) electrons. The summed E-state index contributed by atoms with van der Waals surface area (Å²) in [4.78, 5) is 23.7. The third kappa shape index (κ3) is 9.69. The van der Waals surface area contributed by atoms with Crippen molar-refractivity contribution in [1.29, 1.82) is 0 Å². The largest absolute Gasteiger partial charge is 0.444 e. The van der Waals surface area contributed by atoms with Gasteiger partial charge in [-0.1, -0.05) is 60.7 Å². The highest BCUT2D eigenvalue weighted by molar-refractivity contribution is 5.90. The van der Waals surface area contributed by atoms with Crippen molar-refractivity contribution in [3.8, 4) is 22.5 Å². The first-order chi connectivity index (χ1) is 19.6. The van der Waals surface area contributed by atoms with Crippen molar-refractivity contribution in [2.45, 2.75) is 52.7 Å². The molecule has 2 N–H and O–H groups in total. The molecule has 2 heterocycles. The second-order valence-electron chi connectivity index (χ2n) is 11.6. The number of anilines is 2. The highest BCUT2D eigenvalue weighted by Gasteiger charge is 2.21. The molecule has 0 aliphatic carbocycles. The minimum atomic E-state index is -0.540. The zero-order valence-electron chi connectivity index (χ0n) is 25.8. The van der Waals surface area contributed by atoms with Gasteiger partial charge in [-0.15, -0.1) is 0 Å². The van der Waals surface area contributed by atoms with Crippen molar-refractivity contribution in [2.75, 3.05) is 17.4 Å². The average Bonchev–Trinajstić information content (AvgIpc) is 3.45. The predicted octanol–water partition coefficient (Wildman–Crippen LogP) is 6.40. The monoisotopic (exact) mass is 575 g/mol. The van der Waals surface area contributed by atoms with Crippen LogP contribution in [-0.4, -0.2) is 50.0 Å². The predicted molar refractivity (Wildman–Crippen MR) is 165 cm³/mol. The molecule has 2 aromatic heterocycles. The van der Waals surface area contributed by atoms with E-state index in [9.17, 15) is 9.59 Å². The Kier molecular flexibility index (Phi) is 10.0. The summed E-state index contributed by atoms with van der Waals surface area (Å²) in [6.07, 6.45) is 2.62. The normalized spacial score (nSPS) is 11.2. The molecule has 2 amide bonds. The first-order valence-corrected chi connectivity index (χ1v) is 13.5. The van der Waals surface area contributed by atoms with Crippen molar-refractivity contribution in [2.24, 2.45) is 14.1 Å². The van der Waals surface area contributed by atoms with Gasteiger partial charge in [0, 0.05) is 38.5 Å². The molecule has 0 atom stereocenters. The molecular weight excluding hydrogens is 534 g/mol. The smallest absolute Gasteiger partial charge is 0.426 e. The lowest BCUT2D eigenvalue weighted by Gasteiger charge is -2.24. The quantitative estimate of drug-likeness (QED) is 0.265. The Labute approximate surface area is 247 Å². The zero-order valence-corrected chi connectivity index (χ0v) is 25.8. The lowest BCUT2D eigenvalue weighted by Crippen LogP contribution is -2.42. The van der Waals surface area contributed by atoms with E-state index in [0.29, 0.717) is 5.69 Å². The maximum atomic E-state index is 11.9. The lowest BCUT2D eigenvalue weighted by atomic mass is 10.1. The van der Waals surface area contributed by atoms with Crippen LogP contribution in [0.1, 0.15) is 41.5 Å². The Bertz CT molecular complexity index is 1470. The number of nitrogens with zero attached hydrogens (tertiary/aromatic N) is 5. The topological polar surface area (TPSA) is 116 Å². The van der Waals surface area contributed by atoms with Crippen molar-refractivity contribution >= 4 is 23.6 Å². The van der Waals surface area contributed by atoms with Gasteiger partial charge < -0.3 is 9.47 Å². The first kappa shape index (κ1) is 31.7. The van der Waals surface area contributed by atoms with Crippen LogP contribution in [0.5, 0.6) is 0 Å². The molecule has 0 saturated carbocycles. The number of nitrogens with one attached hydrogen (secondary N) is 2. The Morgan fingerprint density at radius 2 is 1.17 bits per heavy atom. The Morgan fingerprint density at radius 3 is 1.69 bits per heavy atom. The number of aromatic nitrogens is 4. The van der Waals surface area contributed by atoms with E-state index in [4.69, 9.17) is 9.47 Å². The number of amides is 2. The number of hydrogen-bond donors (Lipinski definition) is 2. The molecule has 11 heteroatoms. The number of hydrogen-bond acceptors (Lipinski definition) is 7. The van der Waals surface area contributed by atoms with Crippen LogP contribution in [0.25, 0.3) is 22.5 Å². The second-order valence-corrected chi connectivity index (χ2v) is 11.6. The van der Waals surface area contributed by atoms with Gasteiger partial charge in [-0.2, -0.15) is 10.2 Å². The third-order valence-corrected chi connectivity index (χ3v) is 5.39. The number of hydrazine groups is 1. The van der Waals surface area contributed by atoms with Crippen LogP contribution in [0.15, 0.2) is 73.1 Å². The summed E-state index contributed by atoms with van der Waals surface area (Å²) in [6, 6.07) is 19.5. The molecule has 0 bridgehead atoms. The molecular formula is C31H41N7O4. The number of ether oxygens (including phenoxy) is 2. The molecule has 0 aliphatic rings. The van der Waals surface area contributed by atoms with Crippen molar-refractivity contribution in [1.82, 2.24) is 25.0 Å². The summed E-state index contributed by atoms with van der Waals surface area (Å²) in [5.74, 6) is 0. The van der Waals surface area contributed by atoms with E-state index >= 15 is 0 Å². The van der Waals surface area contributed by atoms with Crippen LogP contribution < -0.4 is 15.8 Å². The van der Waals surface area contributed by atoms with Gasteiger partial charge in [0.05, 0.1) is 11.9 Å². The van der Waals surface area contributed by atoms with E-state index in [1.165, 1.54) is 0 Å². The Hall–Kier alpha value is -4.80. The third-order valence-electron chi connectivity index (χ3n) is 5.39. The van der Waals surface area contributed by atoms with E-state index in [1.807, 2.05) is 122 Å². The molecule has 4 aromatic rings. The second kappa shape index (κ2) is 13.2. The fourth-order valence-electron chi connectivity index (χ4n) is 3.82. The van der Waals surface area contributed by atoms with E-state index < -0.39 is 23.4 Å². The number of carbonyl (C=O) groups is 2. The van der Waals surface area contributed by atoms with E-state index in [0.717, 1.165) is 28.2 Å². The summed E-state index contributed by atoms with van der Waals surface area (Å²) in [5.41, 5.74) is 6.49. The summed E-state index contributed by atoms with van der Waals surface area (Å²) >= 11 is 0. The van der Waals surface area contributed by atoms with Gasteiger partial charge in [0.25, 0.3) is 0 Å². The van der Waals surface area contributed by atoms with Gasteiger partial charge in [-0.05, 0) is 41.5 Å². The zero-order chi connectivity index (χ0) is 31.1. The number of aryl methyl sites for hydroxylation is 2. The van der Waals surface area contributed by atoms with Crippen LogP contribution >= 0.6 is 0 Å². The minimum Gasteiger partial charge on any atom is -0.444 e. The van der Waals surface area contributed by atoms with Gasteiger partial charge in [0.1, 0.15) is 28.3 Å². The first-order valence-electron chi connectivity index (χ1n) is 13.5. The highest BCUT2D eigenvalue weighted by atomic mass is 16.6. The standard InChI is InChI=1S/C16H22N4O2.C15H19N3O2/c1-16(2,3)22-15(21)18-20(5)13-11-19(4)17-14(13)12-9-7-6-8-10-12;1-15(2,3)20-14(19)16-12-10-18(4)17-13(12)11-8-6-5-7-9-11/h6-11H,1-5H3,(H,18,21);5-10H,1-4H3,(H,16,19). The maximum absolute atomic E-state index is 11.9. The molecule has 0 aliphatic heterocycles. The van der Waals surface area contributed by atoms with E-state index in [1.54, 1.807) is 27.6 Å². The molecule has 224 valence electrons. The maximum Gasteiger partial charge on any atom is 0.426 e. The highest BCUT2D eigenvalue weighted by Crippen LogP contribution is 2.28. The minimum absolute atomic E-state index is 0.484. The summed E-state index contributed by atoms with van der Waals surface area (Å²) < 4.78 is 13.9. The van der Waals surface area contributed by atoms with Crippen LogP contribution in [0.4, 0.5) is 21.0 Å². The van der Waals surface area contributed by atoms with Gasteiger partial charge in [0.2, 0.25) is 0 Å². The SMILES string of the molecule is CN(NC(=O)OC(C)(C)C)c1cn(C)nc1-c1ccccc1.Cn1cc(NC(=O)OC(C)(C)C)c(-c2ccccc2)n1. The van der Waals surface area contributed by atoms with Gasteiger partial charge >= 0.3 is 12.2 Å². The molecule has 0 spiro atoms. The molecule has 0 unspecified atom stereocenters. The van der Waals surface area contributed by atoms with Gasteiger partial charge in [0.15, 0.2) is 0 Å². The molecule has 0 saturated heterocycles. The van der Waals surface area contributed by atoms with E-state index in [-0.39, 0.29) is 0 Å². The fourth-order valence-corrected chi connectivity index (χ4v) is 3.82. The summed E-state index contributed by atoms with van der Waals surface area (Å²) in [7, 11) is 5.41. The van der Waals surface area contributed by atoms with E-state index in [2.05, 4.69) is 20.9 Å². The van der Waals surface area contributed by atoms with Crippen LogP contribution in [-0.2, 0) is 23.6 Å². The Balaban J connectivity index is 0.000000231. The summed E-state index contributed by atoms with van der Waals surface area (Å²) in [5, 5.41) is 13.2. The van der Waals surface area contributed by atoms with Gasteiger partial charge in [-0.3, -0.25) is 19.7 Å². The van der Waals surface area contributed by atoms with Crippen molar-refractivity contribution in [3.05, 3.63) is 73.1 Å². The Morgan fingerprint density at radius 1 is 0.714 bits per heavy atom. The average molecular weight is 576 g/mol. The van der Waals surface area contributed by atoms with Crippen LogP contribution in [0.2, 0.25) is 0 Å². The van der Waals surface area contributed by atoms with Crippen LogP contribution in [0, 0.1) is 0 Å².